The lowest BCUT2D eigenvalue weighted by Gasteiger charge is -2.05. The van der Waals surface area contributed by atoms with Crippen LogP contribution in [-0.2, 0) is 6.61 Å². The normalized spacial score (nSPS) is 11.1. The Hall–Kier alpha value is -2.63. The topological polar surface area (TPSA) is 39.4 Å². The number of ether oxygens (including phenoxy) is 1. The van der Waals surface area contributed by atoms with Crippen LogP contribution in [0.25, 0.3) is 6.08 Å². The highest BCUT2D eigenvalue weighted by Crippen LogP contribution is 2.23. The molecule has 0 saturated heterocycles. The molecule has 27 heavy (non-hydrogen) atoms. The number of furan rings is 1. The second kappa shape index (κ2) is 8.37. The minimum absolute atomic E-state index is 0.0483. The molecule has 0 saturated carbocycles. The van der Waals surface area contributed by atoms with Crippen molar-refractivity contribution >= 4 is 35.1 Å². The summed E-state index contributed by atoms with van der Waals surface area (Å²) in [5.41, 5.74) is 0.319. The molecule has 3 nitrogen and oxygen atoms in total. The van der Waals surface area contributed by atoms with Gasteiger partial charge in [0.15, 0.2) is 17.3 Å². The zero-order chi connectivity index (χ0) is 19.4. The third-order valence-corrected chi connectivity index (χ3v) is 4.09. The highest BCUT2D eigenvalue weighted by atomic mass is 35.5. The Labute approximate surface area is 163 Å². The number of ketones is 1. The SMILES string of the molecule is O=C(/C=C/c1ccc(COc2ccc(F)cc2F)o1)c1ccc(Cl)cc1Cl. The van der Waals surface area contributed by atoms with Gasteiger partial charge in [-0.3, -0.25) is 4.79 Å². The summed E-state index contributed by atoms with van der Waals surface area (Å²) in [7, 11) is 0. The third kappa shape index (κ3) is 4.96. The van der Waals surface area contributed by atoms with Crippen molar-refractivity contribution in [3.63, 3.8) is 0 Å². The molecular weight excluding hydrogens is 397 g/mol. The average Bonchev–Trinajstić information content (AvgIpc) is 3.07. The van der Waals surface area contributed by atoms with Gasteiger partial charge in [-0.25, -0.2) is 8.78 Å². The molecule has 1 heterocycles. The van der Waals surface area contributed by atoms with Gasteiger partial charge < -0.3 is 9.15 Å². The van der Waals surface area contributed by atoms with E-state index in [0.29, 0.717) is 22.1 Å². The first-order valence-corrected chi connectivity index (χ1v) is 8.52. The van der Waals surface area contributed by atoms with E-state index in [-0.39, 0.29) is 23.2 Å². The molecule has 0 bridgehead atoms. The van der Waals surface area contributed by atoms with Crippen LogP contribution >= 0.6 is 23.2 Å². The van der Waals surface area contributed by atoms with Crippen molar-refractivity contribution in [1.82, 2.24) is 0 Å². The number of hydrogen-bond acceptors (Lipinski definition) is 3. The van der Waals surface area contributed by atoms with Gasteiger partial charge in [0, 0.05) is 16.7 Å². The number of carbonyl (C=O) groups is 1. The van der Waals surface area contributed by atoms with Gasteiger partial charge in [-0.2, -0.15) is 0 Å². The molecule has 0 fully saturated rings. The van der Waals surface area contributed by atoms with Crippen LogP contribution < -0.4 is 4.74 Å². The summed E-state index contributed by atoms with van der Waals surface area (Å²) in [4.78, 5) is 12.2. The molecule has 0 spiro atoms. The first-order chi connectivity index (χ1) is 12.9. The highest BCUT2D eigenvalue weighted by molar-refractivity contribution is 6.37. The largest absolute Gasteiger partial charge is 0.483 e. The van der Waals surface area contributed by atoms with Gasteiger partial charge in [-0.1, -0.05) is 23.2 Å². The number of benzene rings is 2. The van der Waals surface area contributed by atoms with E-state index in [2.05, 4.69) is 0 Å². The summed E-state index contributed by atoms with van der Waals surface area (Å²) >= 11 is 11.8. The fourth-order valence-corrected chi connectivity index (χ4v) is 2.74. The van der Waals surface area contributed by atoms with Crippen molar-refractivity contribution < 1.29 is 22.7 Å². The first kappa shape index (κ1) is 19.1. The van der Waals surface area contributed by atoms with Crippen LogP contribution in [0.2, 0.25) is 10.0 Å². The summed E-state index contributed by atoms with van der Waals surface area (Å²) < 4.78 is 37.1. The van der Waals surface area contributed by atoms with Crippen molar-refractivity contribution in [2.45, 2.75) is 6.61 Å². The zero-order valence-electron chi connectivity index (χ0n) is 13.7. The maximum atomic E-state index is 13.5. The Morgan fingerprint density at radius 3 is 2.63 bits per heavy atom. The lowest BCUT2D eigenvalue weighted by molar-refractivity contribution is 0.104. The lowest BCUT2D eigenvalue weighted by Crippen LogP contribution is -1.96. The summed E-state index contributed by atoms with van der Waals surface area (Å²) in [6.07, 6.45) is 2.80. The Morgan fingerprint density at radius 1 is 1.07 bits per heavy atom. The van der Waals surface area contributed by atoms with Gasteiger partial charge in [0.25, 0.3) is 0 Å². The second-order valence-corrected chi connectivity index (χ2v) is 6.33. The van der Waals surface area contributed by atoms with E-state index in [1.807, 2.05) is 0 Å². The number of halogens is 4. The van der Waals surface area contributed by atoms with Gasteiger partial charge in [-0.05, 0) is 54.6 Å². The summed E-state index contributed by atoms with van der Waals surface area (Å²) in [6.45, 7) is -0.0483. The Morgan fingerprint density at radius 2 is 1.89 bits per heavy atom. The number of rotatable bonds is 6. The smallest absolute Gasteiger partial charge is 0.187 e. The first-order valence-electron chi connectivity index (χ1n) is 7.76. The van der Waals surface area contributed by atoms with Crippen LogP contribution in [0.15, 0.2) is 59.0 Å². The van der Waals surface area contributed by atoms with Crippen LogP contribution in [0, 0.1) is 11.6 Å². The van der Waals surface area contributed by atoms with E-state index in [9.17, 15) is 13.6 Å². The molecule has 0 unspecified atom stereocenters. The fraction of sp³-hybridized carbons (Fsp3) is 0.0500. The molecule has 0 amide bonds. The molecule has 0 aliphatic heterocycles. The molecule has 7 heteroatoms. The van der Waals surface area contributed by atoms with Crippen molar-refractivity contribution in [1.29, 1.82) is 0 Å². The van der Waals surface area contributed by atoms with Gasteiger partial charge in [-0.15, -0.1) is 0 Å². The standard InChI is InChI=1S/C20H12Cl2F2O3/c21-12-1-6-16(17(22)9-12)19(25)7-5-14-3-4-15(27-14)11-26-20-8-2-13(23)10-18(20)24/h1-10H,11H2/b7-5+. The van der Waals surface area contributed by atoms with Gasteiger partial charge >= 0.3 is 0 Å². The zero-order valence-corrected chi connectivity index (χ0v) is 15.2. The van der Waals surface area contributed by atoms with Gasteiger partial charge in [0.2, 0.25) is 0 Å². The minimum atomic E-state index is -0.799. The maximum Gasteiger partial charge on any atom is 0.187 e. The molecule has 3 rings (SSSR count). The van der Waals surface area contributed by atoms with Crippen LogP contribution in [0.1, 0.15) is 21.9 Å². The molecule has 2 aromatic carbocycles. The summed E-state index contributed by atoms with van der Waals surface area (Å²) in [5.74, 6) is -1.05. The van der Waals surface area contributed by atoms with Crippen molar-refractivity contribution in [3.8, 4) is 5.75 Å². The summed E-state index contributed by atoms with van der Waals surface area (Å²) in [5, 5.41) is 0.695. The second-order valence-electron chi connectivity index (χ2n) is 5.49. The quantitative estimate of drug-likeness (QED) is 0.352. The Kier molecular flexibility index (Phi) is 5.94. The van der Waals surface area contributed by atoms with Crippen LogP contribution in [0.4, 0.5) is 8.78 Å². The lowest BCUT2D eigenvalue weighted by atomic mass is 10.1. The maximum absolute atomic E-state index is 13.5. The van der Waals surface area contributed by atoms with Crippen LogP contribution in [0.5, 0.6) is 5.75 Å². The van der Waals surface area contributed by atoms with Gasteiger partial charge in [0.05, 0.1) is 5.02 Å². The molecular formula is C20H12Cl2F2O3. The van der Waals surface area contributed by atoms with E-state index in [0.717, 1.165) is 12.1 Å². The highest BCUT2D eigenvalue weighted by Gasteiger charge is 2.09. The average molecular weight is 409 g/mol. The van der Waals surface area contributed by atoms with Crippen molar-refractivity contribution in [2.75, 3.05) is 0 Å². The van der Waals surface area contributed by atoms with E-state index >= 15 is 0 Å². The van der Waals surface area contributed by atoms with Gasteiger partial charge in [0.1, 0.15) is 23.9 Å². The molecule has 0 radical (unpaired) electrons. The van der Waals surface area contributed by atoms with E-state index < -0.39 is 11.6 Å². The molecule has 0 aliphatic carbocycles. The summed E-state index contributed by atoms with van der Waals surface area (Å²) in [6, 6.07) is 10.9. The monoisotopic (exact) mass is 408 g/mol. The van der Waals surface area contributed by atoms with E-state index in [4.69, 9.17) is 32.4 Å². The molecule has 138 valence electrons. The Bertz CT molecular complexity index is 1010. The molecule has 3 aromatic rings. The number of hydrogen-bond donors (Lipinski definition) is 0. The number of allylic oxidation sites excluding steroid dienone is 1. The number of carbonyl (C=O) groups excluding carboxylic acids is 1. The predicted molar refractivity (Wildman–Crippen MR) is 99.2 cm³/mol. The van der Waals surface area contributed by atoms with Crippen LogP contribution in [-0.4, -0.2) is 5.78 Å². The van der Waals surface area contributed by atoms with Crippen LogP contribution in [0.3, 0.4) is 0 Å². The molecule has 0 atom stereocenters. The van der Waals surface area contributed by atoms with E-state index in [1.165, 1.54) is 30.4 Å². The molecule has 0 aliphatic rings. The molecule has 0 N–H and O–H groups in total. The Balaban J connectivity index is 1.63. The van der Waals surface area contributed by atoms with Crippen molar-refractivity contribution in [2.24, 2.45) is 0 Å². The fourth-order valence-electron chi connectivity index (χ4n) is 2.24. The predicted octanol–water partition coefficient (Wildman–Crippen LogP) is 6.34. The van der Waals surface area contributed by atoms with Crippen molar-refractivity contribution in [3.05, 3.63) is 93.4 Å². The third-order valence-electron chi connectivity index (χ3n) is 3.54. The van der Waals surface area contributed by atoms with E-state index in [1.54, 1.807) is 18.2 Å². The molecule has 1 aromatic heterocycles. The minimum Gasteiger partial charge on any atom is -0.483 e.